The Morgan fingerprint density at radius 1 is 1.20 bits per heavy atom. The van der Waals surface area contributed by atoms with Gasteiger partial charge in [-0.05, 0) is 70.7 Å². The summed E-state index contributed by atoms with van der Waals surface area (Å²) in [5.41, 5.74) is 1.63. The predicted octanol–water partition coefficient (Wildman–Crippen LogP) is 2.64. The van der Waals surface area contributed by atoms with E-state index in [4.69, 9.17) is 4.74 Å². The summed E-state index contributed by atoms with van der Waals surface area (Å²) in [7, 11) is 0. The van der Waals surface area contributed by atoms with Crippen LogP contribution in [0.1, 0.15) is 54.6 Å². The number of likely N-dealkylation sites (tertiary alicyclic amines) is 2. The van der Waals surface area contributed by atoms with Crippen LogP contribution in [-0.4, -0.2) is 65.1 Å². The molecule has 1 amide bonds. The van der Waals surface area contributed by atoms with Crippen molar-refractivity contribution in [3.8, 4) is 0 Å². The van der Waals surface area contributed by atoms with Gasteiger partial charge >= 0.3 is 0 Å². The van der Waals surface area contributed by atoms with E-state index in [9.17, 15) is 4.79 Å². The van der Waals surface area contributed by atoms with Gasteiger partial charge in [0.25, 0.3) is 5.91 Å². The highest BCUT2D eigenvalue weighted by Gasteiger charge is 2.42. The van der Waals surface area contributed by atoms with Crippen molar-refractivity contribution in [3.05, 3.63) is 29.6 Å². The van der Waals surface area contributed by atoms with Crippen LogP contribution in [0.15, 0.2) is 18.3 Å². The summed E-state index contributed by atoms with van der Waals surface area (Å²) in [4.78, 5) is 21.6. The number of nitrogens with zero attached hydrogens (tertiary/aromatic N) is 3. The Labute approximate surface area is 150 Å². The summed E-state index contributed by atoms with van der Waals surface area (Å²) in [6, 6.07) is 4.47. The van der Waals surface area contributed by atoms with Gasteiger partial charge in [0.1, 0.15) is 0 Å². The Hall–Kier alpha value is -1.46. The standard InChI is InChI=1S/C20H29N3O2/c1-16-4-5-17(15-21-16)19(24)23-11-7-20(8-12-23)14-18(6-13-25-20)22-9-2-3-10-22/h4-5,15,18H,2-3,6-14H2,1H3. The Bertz CT molecular complexity index is 602. The van der Waals surface area contributed by atoms with Gasteiger partial charge in [-0.1, -0.05) is 0 Å². The zero-order valence-electron chi connectivity index (χ0n) is 15.2. The molecule has 4 heterocycles. The molecule has 1 unspecified atom stereocenters. The highest BCUT2D eigenvalue weighted by Crippen LogP contribution is 2.37. The third kappa shape index (κ3) is 3.58. The number of rotatable bonds is 2. The van der Waals surface area contributed by atoms with Gasteiger partial charge in [0, 0.05) is 37.6 Å². The maximum Gasteiger partial charge on any atom is 0.255 e. The Balaban J connectivity index is 1.37. The van der Waals surface area contributed by atoms with E-state index < -0.39 is 0 Å². The van der Waals surface area contributed by atoms with Gasteiger partial charge in [-0.2, -0.15) is 0 Å². The van der Waals surface area contributed by atoms with Crippen LogP contribution in [-0.2, 0) is 4.74 Å². The van der Waals surface area contributed by atoms with Crippen LogP contribution >= 0.6 is 0 Å². The molecule has 0 aliphatic carbocycles. The molecule has 4 rings (SSSR count). The number of carbonyl (C=O) groups is 1. The Kier molecular flexibility index (Phi) is 4.78. The van der Waals surface area contributed by atoms with E-state index in [0.717, 1.165) is 44.7 Å². The SMILES string of the molecule is Cc1ccc(C(=O)N2CCC3(CC2)CC(N2CCCC2)CCO3)cn1. The predicted molar refractivity (Wildman–Crippen MR) is 96.6 cm³/mol. The largest absolute Gasteiger partial charge is 0.375 e. The molecule has 3 aliphatic rings. The second-order valence-electron chi connectivity index (χ2n) is 7.90. The van der Waals surface area contributed by atoms with Crippen molar-refractivity contribution in [3.63, 3.8) is 0 Å². The van der Waals surface area contributed by atoms with Crippen molar-refractivity contribution in [2.24, 2.45) is 0 Å². The van der Waals surface area contributed by atoms with Crippen molar-refractivity contribution in [1.82, 2.24) is 14.8 Å². The first-order valence-electron chi connectivity index (χ1n) is 9.75. The average molecular weight is 343 g/mol. The number of carbonyl (C=O) groups excluding carboxylic acids is 1. The lowest BCUT2D eigenvalue weighted by molar-refractivity contribution is -0.128. The summed E-state index contributed by atoms with van der Waals surface area (Å²) in [5.74, 6) is 0.106. The highest BCUT2D eigenvalue weighted by atomic mass is 16.5. The number of aromatic nitrogens is 1. The molecule has 1 spiro atoms. The smallest absolute Gasteiger partial charge is 0.255 e. The second kappa shape index (κ2) is 7.04. The number of hydrogen-bond acceptors (Lipinski definition) is 4. The van der Waals surface area contributed by atoms with Crippen LogP contribution in [0.25, 0.3) is 0 Å². The lowest BCUT2D eigenvalue weighted by Crippen LogP contribution is -2.54. The molecular formula is C20H29N3O2. The van der Waals surface area contributed by atoms with Gasteiger partial charge in [-0.3, -0.25) is 9.78 Å². The number of aryl methyl sites for hydroxylation is 1. The van der Waals surface area contributed by atoms with Crippen molar-refractivity contribution < 1.29 is 9.53 Å². The third-order valence-corrected chi connectivity index (χ3v) is 6.24. The van der Waals surface area contributed by atoms with Gasteiger partial charge < -0.3 is 14.5 Å². The van der Waals surface area contributed by atoms with E-state index in [1.165, 1.54) is 32.4 Å². The van der Waals surface area contributed by atoms with Crippen LogP contribution in [0.5, 0.6) is 0 Å². The van der Waals surface area contributed by atoms with Gasteiger partial charge in [0.05, 0.1) is 11.2 Å². The first-order valence-corrected chi connectivity index (χ1v) is 9.75. The zero-order chi connectivity index (χ0) is 17.3. The number of hydrogen-bond donors (Lipinski definition) is 0. The zero-order valence-corrected chi connectivity index (χ0v) is 15.2. The first-order chi connectivity index (χ1) is 12.2. The molecule has 5 nitrogen and oxygen atoms in total. The summed E-state index contributed by atoms with van der Waals surface area (Å²) >= 11 is 0. The van der Waals surface area contributed by atoms with E-state index in [1.54, 1.807) is 6.20 Å². The topological polar surface area (TPSA) is 45.7 Å². The molecule has 25 heavy (non-hydrogen) atoms. The molecule has 5 heteroatoms. The van der Waals surface area contributed by atoms with Gasteiger partial charge in [-0.15, -0.1) is 0 Å². The lowest BCUT2D eigenvalue weighted by Gasteiger charge is -2.48. The Morgan fingerprint density at radius 2 is 1.96 bits per heavy atom. The minimum absolute atomic E-state index is 0.00614. The lowest BCUT2D eigenvalue weighted by atomic mass is 9.81. The minimum atomic E-state index is -0.00614. The average Bonchev–Trinajstić information content (AvgIpc) is 3.17. The van der Waals surface area contributed by atoms with E-state index in [-0.39, 0.29) is 11.5 Å². The van der Waals surface area contributed by atoms with Gasteiger partial charge in [0.2, 0.25) is 0 Å². The fourth-order valence-electron chi connectivity index (χ4n) is 4.66. The van der Waals surface area contributed by atoms with E-state index in [0.29, 0.717) is 11.6 Å². The molecule has 136 valence electrons. The van der Waals surface area contributed by atoms with Gasteiger partial charge in [0.15, 0.2) is 0 Å². The second-order valence-corrected chi connectivity index (χ2v) is 7.90. The monoisotopic (exact) mass is 343 g/mol. The van der Waals surface area contributed by atoms with Crippen molar-refractivity contribution in [2.45, 2.75) is 57.1 Å². The van der Waals surface area contributed by atoms with E-state index in [1.807, 2.05) is 24.0 Å². The number of pyridine rings is 1. The fourth-order valence-corrected chi connectivity index (χ4v) is 4.66. The van der Waals surface area contributed by atoms with Crippen molar-refractivity contribution in [2.75, 3.05) is 32.8 Å². The van der Waals surface area contributed by atoms with Crippen molar-refractivity contribution >= 4 is 5.91 Å². The van der Waals surface area contributed by atoms with Crippen LogP contribution < -0.4 is 0 Å². The molecule has 0 aromatic carbocycles. The summed E-state index contributed by atoms with van der Waals surface area (Å²) in [5, 5.41) is 0. The summed E-state index contributed by atoms with van der Waals surface area (Å²) in [6.07, 6.45) is 8.61. The molecule has 0 N–H and O–H groups in total. The minimum Gasteiger partial charge on any atom is -0.375 e. The van der Waals surface area contributed by atoms with Crippen LogP contribution in [0.3, 0.4) is 0 Å². The molecule has 0 saturated carbocycles. The van der Waals surface area contributed by atoms with Crippen LogP contribution in [0.2, 0.25) is 0 Å². The maximum atomic E-state index is 12.7. The molecule has 1 atom stereocenters. The molecule has 1 aromatic heterocycles. The summed E-state index contributed by atoms with van der Waals surface area (Å²) < 4.78 is 6.27. The number of amides is 1. The van der Waals surface area contributed by atoms with Crippen LogP contribution in [0.4, 0.5) is 0 Å². The number of ether oxygens (including phenoxy) is 1. The quantitative estimate of drug-likeness (QED) is 0.828. The molecule has 0 radical (unpaired) electrons. The third-order valence-electron chi connectivity index (χ3n) is 6.24. The molecule has 1 aromatic rings. The molecule has 0 bridgehead atoms. The fraction of sp³-hybridized carbons (Fsp3) is 0.700. The Morgan fingerprint density at radius 3 is 2.64 bits per heavy atom. The van der Waals surface area contributed by atoms with Crippen LogP contribution in [0, 0.1) is 6.92 Å². The molecule has 3 fully saturated rings. The normalized spacial score (nSPS) is 26.9. The highest BCUT2D eigenvalue weighted by molar-refractivity contribution is 5.94. The molecule has 3 saturated heterocycles. The van der Waals surface area contributed by atoms with E-state index >= 15 is 0 Å². The molecule has 3 aliphatic heterocycles. The van der Waals surface area contributed by atoms with Crippen molar-refractivity contribution in [1.29, 1.82) is 0 Å². The van der Waals surface area contributed by atoms with Gasteiger partial charge in [-0.25, -0.2) is 0 Å². The summed E-state index contributed by atoms with van der Waals surface area (Å²) in [6.45, 7) is 6.91. The maximum absolute atomic E-state index is 12.7. The number of piperidine rings is 1. The first kappa shape index (κ1) is 17.0. The molecular weight excluding hydrogens is 314 g/mol. The van der Waals surface area contributed by atoms with E-state index in [2.05, 4.69) is 9.88 Å².